The highest BCUT2D eigenvalue weighted by atomic mass is 19.1. The Balaban J connectivity index is 1.61. The third-order valence-electron chi connectivity index (χ3n) is 5.20. The number of rotatable bonds is 5. The number of halogens is 1. The Morgan fingerprint density at radius 2 is 2.00 bits per heavy atom. The number of benzene rings is 2. The molecule has 144 valence electrons. The smallest absolute Gasteiger partial charge is 0.321 e. The van der Waals surface area contributed by atoms with Gasteiger partial charge in [-0.2, -0.15) is 0 Å². The molecule has 1 aliphatic heterocycles. The van der Waals surface area contributed by atoms with Crippen molar-refractivity contribution in [3.05, 3.63) is 54.3 Å². The number of nitrogens with one attached hydrogen (secondary N) is 1. The molecule has 1 aliphatic rings. The Kier molecular flexibility index (Phi) is 5.96. The number of hydrogen-bond donors (Lipinski definition) is 2. The lowest BCUT2D eigenvalue weighted by Crippen LogP contribution is -2.49. The van der Waals surface area contributed by atoms with Crippen LogP contribution in [0.25, 0.3) is 0 Å². The summed E-state index contributed by atoms with van der Waals surface area (Å²) < 4.78 is 19.2. The maximum Gasteiger partial charge on any atom is 0.321 e. The lowest BCUT2D eigenvalue weighted by atomic mass is 9.78. The van der Waals surface area contributed by atoms with Crippen molar-refractivity contribution >= 4 is 11.7 Å². The SMILES string of the molecule is CCC1(CO)CCCN(C(=O)Nc2ccc(Oc3ccccc3F)cc2)C1. The first-order valence-electron chi connectivity index (χ1n) is 9.24. The number of hydrogen-bond acceptors (Lipinski definition) is 3. The fourth-order valence-corrected chi connectivity index (χ4v) is 3.37. The Hall–Kier alpha value is -2.60. The topological polar surface area (TPSA) is 61.8 Å². The molecule has 0 aromatic heterocycles. The van der Waals surface area contributed by atoms with Gasteiger partial charge in [0.15, 0.2) is 11.6 Å². The minimum atomic E-state index is -0.428. The standard InChI is InChI=1S/C21H25FN2O3/c1-2-21(15-25)12-5-13-24(14-21)20(26)23-16-8-10-17(11-9-16)27-19-7-4-3-6-18(19)22/h3-4,6-11,25H,2,5,12-15H2,1H3,(H,23,26). The molecule has 0 bridgehead atoms. The van der Waals surface area contributed by atoms with Gasteiger partial charge in [0.25, 0.3) is 0 Å². The molecular weight excluding hydrogens is 347 g/mol. The molecule has 3 rings (SSSR count). The minimum Gasteiger partial charge on any atom is -0.454 e. The monoisotopic (exact) mass is 372 g/mol. The zero-order valence-electron chi connectivity index (χ0n) is 15.5. The van der Waals surface area contributed by atoms with Crippen LogP contribution in [0.5, 0.6) is 11.5 Å². The summed E-state index contributed by atoms with van der Waals surface area (Å²) in [7, 11) is 0. The first-order valence-corrected chi connectivity index (χ1v) is 9.24. The van der Waals surface area contributed by atoms with Crippen LogP contribution in [0.2, 0.25) is 0 Å². The van der Waals surface area contributed by atoms with E-state index in [1.807, 2.05) is 6.92 Å². The summed E-state index contributed by atoms with van der Waals surface area (Å²) in [4.78, 5) is 14.3. The van der Waals surface area contributed by atoms with Gasteiger partial charge in [-0.25, -0.2) is 9.18 Å². The largest absolute Gasteiger partial charge is 0.454 e. The molecule has 1 atom stereocenters. The van der Waals surface area contributed by atoms with Crippen LogP contribution in [-0.4, -0.2) is 35.7 Å². The molecule has 2 amide bonds. The maximum absolute atomic E-state index is 13.6. The summed E-state index contributed by atoms with van der Waals surface area (Å²) in [6, 6.07) is 12.8. The van der Waals surface area contributed by atoms with E-state index >= 15 is 0 Å². The van der Waals surface area contributed by atoms with Crippen LogP contribution >= 0.6 is 0 Å². The molecule has 0 spiro atoms. The predicted octanol–water partition coefficient (Wildman–Crippen LogP) is 4.63. The first-order chi connectivity index (χ1) is 13.0. The van der Waals surface area contributed by atoms with E-state index in [0.29, 0.717) is 24.5 Å². The van der Waals surface area contributed by atoms with Crippen molar-refractivity contribution in [3.8, 4) is 11.5 Å². The van der Waals surface area contributed by atoms with E-state index in [4.69, 9.17) is 4.74 Å². The number of carbonyl (C=O) groups excluding carboxylic acids is 1. The normalized spacial score (nSPS) is 19.6. The lowest BCUT2D eigenvalue weighted by molar-refractivity contribution is 0.0468. The summed E-state index contributed by atoms with van der Waals surface area (Å²) >= 11 is 0. The van der Waals surface area contributed by atoms with E-state index in [2.05, 4.69) is 5.32 Å². The highest BCUT2D eigenvalue weighted by molar-refractivity contribution is 5.89. The van der Waals surface area contributed by atoms with E-state index in [0.717, 1.165) is 19.3 Å². The summed E-state index contributed by atoms with van der Waals surface area (Å²) in [5.41, 5.74) is 0.435. The molecule has 1 heterocycles. The second-order valence-corrected chi connectivity index (χ2v) is 7.02. The summed E-state index contributed by atoms with van der Waals surface area (Å²) in [5, 5.41) is 12.6. The van der Waals surface area contributed by atoms with Crippen molar-refractivity contribution in [2.24, 2.45) is 5.41 Å². The average Bonchev–Trinajstić information content (AvgIpc) is 2.71. The fourth-order valence-electron chi connectivity index (χ4n) is 3.37. The van der Waals surface area contributed by atoms with Crippen LogP contribution in [0.1, 0.15) is 26.2 Å². The van der Waals surface area contributed by atoms with Crippen LogP contribution < -0.4 is 10.1 Å². The number of aliphatic hydroxyl groups is 1. The Morgan fingerprint density at radius 1 is 1.26 bits per heavy atom. The quantitative estimate of drug-likeness (QED) is 0.804. The molecular formula is C21H25FN2O3. The number of carbonyl (C=O) groups is 1. The molecule has 0 saturated carbocycles. The number of ether oxygens (including phenoxy) is 1. The number of anilines is 1. The van der Waals surface area contributed by atoms with Crippen LogP contribution in [0.15, 0.2) is 48.5 Å². The Labute approximate surface area is 158 Å². The lowest BCUT2D eigenvalue weighted by Gasteiger charge is -2.41. The van der Waals surface area contributed by atoms with Gasteiger partial charge in [-0.15, -0.1) is 0 Å². The Bertz CT molecular complexity index is 775. The van der Waals surface area contributed by atoms with Gasteiger partial charge >= 0.3 is 6.03 Å². The molecule has 2 aromatic rings. The van der Waals surface area contributed by atoms with Gasteiger partial charge in [0.2, 0.25) is 0 Å². The molecule has 6 heteroatoms. The van der Waals surface area contributed by atoms with E-state index < -0.39 is 5.82 Å². The third-order valence-corrected chi connectivity index (χ3v) is 5.20. The number of aliphatic hydroxyl groups excluding tert-OH is 1. The van der Waals surface area contributed by atoms with Gasteiger partial charge in [0.05, 0.1) is 6.61 Å². The number of amides is 2. The minimum absolute atomic E-state index is 0.0926. The zero-order valence-corrected chi connectivity index (χ0v) is 15.5. The average molecular weight is 372 g/mol. The molecule has 5 nitrogen and oxygen atoms in total. The van der Waals surface area contributed by atoms with Crippen molar-refractivity contribution in [1.82, 2.24) is 4.90 Å². The van der Waals surface area contributed by atoms with Crippen molar-refractivity contribution in [1.29, 1.82) is 0 Å². The third kappa shape index (κ3) is 4.57. The number of piperidine rings is 1. The van der Waals surface area contributed by atoms with Gasteiger partial charge in [-0.3, -0.25) is 0 Å². The van der Waals surface area contributed by atoms with E-state index in [-0.39, 0.29) is 23.8 Å². The van der Waals surface area contributed by atoms with Crippen molar-refractivity contribution in [3.63, 3.8) is 0 Å². The highest BCUT2D eigenvalue weighted by Gasteiger charge is 2.35. The molecule has 0 radical (unpaired) electrons. The van der Waals surface area contributed by atoms with Crippen LogP contribution in [0.3, 0.4) is 0 Å². The zero-order chi connectivity index (χ0) is 19.3. The van der Waals surface area contributed by atoms with E-state index in [1.165, 1.54) is 6.07 Å². The van der Waals surface area contributed by atoms with Crippen molar-refractivity contribution in [2.75, 3.05) is 25.0 Å². The molecule has 1 saturated heterocycles. The van der Waals surface area contributed by atoms with Gasteiger partial charge < -0.3 is 20.1 Å². The summed E-state index contributed by atoms with van der Waals surface area (Å²) in [6.45, 7) is 3.38. The van der Waals surface area contributed by atoms with Crippen LogP contribution in [0, 0.1) is 11.2 Å². The highest BCUT2D eigenvalue weighted by Crippen LogP contribution is 2.33. The predicted molar refractivity (Wildman–Crippen MR) is 103 cm³/mol. The molecule has 0 aliphatic carbocycles. The van der Waals surface area contributed by atoms with Crippen molar-refractivity contribution in [2.45, 2.75) is 26.2 Å². The molecule has 2 N–H and O–H groups in total. The van der Waals surface area contributed by atoms with E-state index in [1.54, 1.807) is 47.4 Å². The second kappa shape index (κ2) is 8.39. The summed E-state index contributed by atoms with van der Waals surface area (Å²) in [6.07, 6.45) is 2.67. The number of urea groups is 1. The molecule has 2 aromatic carbocycles. The van der Waals surface area contributed by atoms with Gasteiger partial charge in [-0.05, 0) is 55.7 Å². The number of likely N-dealkylation sites (tertiary alicyclic amines) is 1. The Morgan fingerprint density at radius 3 is 2.67 bits per heavy atom. The molecule has 1 unspecified atom stereocenters. The van der Waals surface area contributed by atoms with Crippen molar-refractivity contribution < 1.29 is 19.0 Å². The van der Waals surface area contributed by atoms with Crippen LogP contribution in [0.4, 0.5) is 14.9 Å². The maximum atomic E-state index is 13.6. The van der Waals surface area contributed by atoms with Gasteiger partial charge in [0, 0.05) is 24.2 Å². The second-order valence-electron chi connectivity index (χ2n) is 7.02. The van der Waals surface area contributed by atoms with Crippen LogP contribution in [-0.2, 0) is 0 Å². The summed E-state index contributed by atoms with van der Waals surface area (Å²) in [5.74, 6) is 0.215. The van der Waals surface area contributed by atoms with E-state index in [9.17, 15) is 14.3 Å². The number of para-hydroxylation sites is 1. The molecule has 27 heavy (non-hydrogen) atoms. The van der Waals surface area contributed by atoms with Gasteiger partial charge in [-0.1, -0.05) is 19.1 Å². The first kappa shape index (κ1) is 19.2. The fraction of sp³-hybridized carbons (Fsp3) is 0.381. The number of nitrogens with zero attached hydrogens (tertiary/aromatic N) is 1. The molecule has 1 fully saturated rings. The van der Waals surface area contributed by atoms with Gasteiger partial charge in [0.1, 0.15) is 5.75 Å².